The number of hydrogen-bond acceptors (Lipinski definition) is 2. The van der Waals surface area contributed by atoms with E-state index in [-0.39, 0.29) is 10.6 Å². The zero-order valence-corrected chi connectivity index (χ0v) is 11.3. The molecule has 1 aliphatic carbocycles. The molecule has 0 atom stereocenters. The SMILES string of the molecule is Cc1ccc([N+](=O)[O-])c(C2=Cc3ccccc3CC2)c1. The van der Waals surface area contributed by atoms with Crippen molar-refractivity contribution >= 4 is 17.3 Å². The van der Waals surface area contributed by atoms with Crippen LogP contribution in [0, 0.1) is 17.0 Å². The first-order chi connectivity index (χ1) is 9.65. The number of benzene rings is 2. The Labute approximate surface area is 117 Å². The van der Waals surface area contributed by atoms with E-state index in [1.807, 2.05) is 25.1 Å². The van der Waals surface area contributed by atoms with Gasteiger partial charge < -0.3 is 0 Å². The van der Waals surface area contributed by atoms with Crippen molar-refractivity contribution in [1.29, 1.82) is 0 Å². The molecule has 0 aromatic heterocycles. The van der Waals surface area contributed by atoms with E-state index < -0.39 is 0 Å². The molecule has 2 aromatic rings. The third kappa shape index (κ3) is 2.23. The molecule has 0 saturated heterocycles. The van der Waals surface area contributed by atoms with Gasteiger partial charge in [-0.15, -0.1) is 0 Å². The molecule has 3 rings (SSSR count). The number of nitrogens with zero attached hydrogens (tertiary/aromatic N) is 1. The maximum absolute atomic E-state index is 11.2. The maximum Gasteiger partial charge on any atom is 0.276 e. The van der Waals surface area contributed by atoms with Crippen LogP contribution in [0.3, 0.4) is 0 Å². The number of nitro benzene ring substituents is 1. The number of aryl methyl sites for hydroxylation is 2. The van der Waals surface area contributed by atoms with Crippen LogP contribution in [0.1, 0.15) is 28.7 Å². The van der Waals surface area contributed by atoms with E-state index in [9.17, 15) is 10.1 Å². The van der Waals surface area contributed by atoms with Gasteiger partial charge in [0.05, 0.1) is 10.5 Å². The average molecular weight is 265 g/mol. The summed E-state index contributed by atoms with van der Waals surface area (Å²) in [6.07, 6.45) is 3.87. The smallest absolute Gasteiger partial charge is 0.258 e. The summed E-state index contributed by atoms with van der Waals surface area (Å²) in [6.45, 7) is 1.96. The summed E-state index contributed by atoms with van der Waals surface area (Å²) >= 11 is 0. The van der Waals surface area contributed by atoms with E-state index in [0.29, 0.717) is 0 Å². The molecule has 0 amide bonds. The molecule has 0 heterocycles. The second kappa shape index (κ2) is 4.93. The number of allylic oxidation sites excluding steroid dienone is 1. The molecule has 2 aromatic carbocycles. The molecular formula is C17H15NO2. The van der Waals surface area contributed by atoms with Gasteiger partial charge in [0.25, 0.3) is 5.69 Å². The number of rotatable bonds is 2. The van der Waals surface area contributed by atoms with Gasteiger partial charge >= 0.3 is 0 Å². The van der Waals surface area contributed by atoms with Gasteiger partial charge in [-0.25, -0.2) is 0 Å². The van der Waals surface area contributed by atoms with Crippen LogP contribution >= 0.6 is 0 Å². The van der Waals surface area contributed by atoms with Gasteiger partial charge in [0, 0.05) is 6.07 Å². The number of hydrogen-bond donors (Lipinski definition) is 0. The number of fused-ring (bicyclic) bond motifs is 1. The molecule has 3 nitrogen and oxygen atoms in total. The fourth-order valence-electron chi connectivity index (χ4n) is 2.71. The monoisotopic (exact) mass is 265 g/mol. The molecule has 0 bridgehead atoms. The van der Waals surface area contributed by atoms with Crippen molar-refractivity contribution in [3.63, 3.8) is 0 Å². The largest absolute Gasteiger partial charge is 0.276 e. The Morgan fingerprint density at radius 2 is 1.90 bits per heavy atom. The quantitative estimate of drug-likeness (QED) is 0.597. The molecule has 20 heavy (non-hydrogen) atoms. The van der Waals surface area contributed by atoms with Gasteiger partial charge in [0.1, 0.15) is 0 Å². The lowest BCUT2D eigenvalue weighted by Gasteiger charge is -2.17. The molecule has 0 fully saturated rings. The first-order valence-corrected chi connectivity index (χ1v) is 6.69. The minimum absolute atomic E-state index is 0.196. The summed E-state index contributed by atoms with van der Waals surface area (Å²) in [7, 11) is 0. The molecule has 0 unspecified atom stereocenters. The minimum Gasteiger partial charge on any atom is -0.258 e. The first-order valence-electron chi connectivity index (χ1n) is 6.69. The summed E-state index contributed by atoms with van der Waals surface area (Å²) in [4.78, 5) is 10.9. The van der Waals surface area contributed by atoms with E-state index >= 15 is 0 Å². The Kier molecular flexibility index (Phi) is 3.11. The molecular weight excluding hydrogens is 250 g/mol. The average Bonchev–Trinajstić information content (AvgIpc) is 2.46. The molecule has 0 radical (unpaired) electrons. The van der Waals surface area contributed by atoms with Crippen LogP contribution in [-0.4, -0.2) is 4.92 Å². The normalized spacial score (nSPS) is 13.6. The second-order valence-corrected chi connectivity index (χ2v) is 5.15. The lowest BCUT2D eigenvalue weighted by Crippen LogP contribution is -2.01. The van der Waals surface area contributed by atoms with Crippen molar-refractivity contribution in [3.8, 4) is 0 Å². The van der Waals surface area contributed by atoms with Gasteiger partial charge in [0.2, 0.25) is 0 Å². The van der Waals surface area contributed by atoms with E-state index in [1.165, 1.54) is 11.1 Å². The Hall–Kier alpha value is -2.42. The summed E-state index contributed by atoms with van der Waals surface area (Å²) in [5.74, 6) is 0. The summed E-state index contributed by atoms with van der Waals surface area (Å²) < 4.78 is 0. The van der Waals surface area contributed by atoms with E-state index in [2.05, 4.69) is 18.2 Å². The van der Waals surface area contributed by atoms with Crippen LogP contribution in [-0.2, 0) is 6.42 Å². The molecule has 0 aliphatic heterocycles. The van der Waals surface area contributed by atoms with Crippen molar-refractivity contribution in [2.45, 2.75) is 19.8 Å². The Bertz CT molecular complexity index is 717. The van der Waals surface area contributed by atoms with Gasteiger partial charge in [-0.3, -0.25) is 10.1 Å². The lowest BCUT2D eigenvalue weighted by atomic mass is 9.87. The fraction of sp³-hybridized carbons (Fsp3) is 0.176. The fourth-order valence-corrected chi connectivity index (χ4v) is 2.71. The van der Waals surface area contributed by atoms with Crippen molar-refractivity contribution in [3.05, 3.63) is 74.8 Å². The topological polar surface area (TPSA) is 43.1 Å². The highest BCUT2D eigenvalue weighted by atomic mass is 16.6. The zero-order chi connectivity index (χ0) is 14.1. The minimum atomic E-state index is -0.296. The van der Waals surface area contributed by atoms with Gasteiger partial charge in [-0.05, 0) is 42.5 Å². The van der Waals surface area contributed by atoms with E-state index in [1.54, 1.807) is 12.1 Å². The Morgan fingerprint density at radius 1 is 1.10 bits per heavy atom. The summed E-state index contributed by atoms with van der Waals surface area (Å²) in [5, 5.41) is 11.2. The van der Waals surface area contributed by atoms with Crippen molar-refractivity contribution in [2.24, 2.45) is 0 Å². The second-order valence-electron chi connectivity index (χ2n) is 5.15. The maximum atomic E-state index is 11.2. The number of nitro groups is 1. The summed E-state index contributed by atoms with van der Waals surface area (Å²) in [6, 6.07) is 13.5. The lowest BCUT2D eigenvalue weighted by molar-refractivity contribution is -0.385. The molecule has 3 heteroatoms. The molecule has 1 aliphatic rings. The van der Waals surface area contributed by atoms with Crippen LogP contribution in [0.5, 0.6) is 0 Å². The van der Waals surface area contributed by atoms with Crippen molar-refractivity contribution < 1.29 is 4.92 Å². The third-order valence-electron chi connectivity index (χ3n) is 3.74. The van der Waals surface area contributed by atoms with E-state index in [0.717, 1.165) is 29.5 Å². The zero-order valence-electron chi connectivity index (χ0n) is 11.3. The molecule has 0 saturated carbocycles. The van der Waals surface area contributed by atoms with Crippen LogP contribution in [0.15, 0.2) is 42.5 Å². The Balaban J connectivity index is 2.13. The van der Waals surface area contributed by atoms with Crippen LogP contribution in [0.2, 0.25) is 0 Å². The highest BCUT2D eigenvalue weighted by Crippen LogP contribution is 2.35. The molecule has 100 valence electrons. The Morgan fingerprint density at radius 3 is 2.70 bits per heavy atom. The van der Waals surface area contributed by atoms with E-state index in [4.69, 9.17) is 0 Å². The predicted molar refractivity (Wildman–Crippen MR) is 80.5 cm³/mol. The first kappa shape index (κ1) is 12.6. The summed E-state index contributed by atoms with van der Waals surface area (Å²) in [5.41, 5.74) is 5.53. The predicted octanol–water partition coefficient (Wildman–Crippen LogP) is 4.39. The van der Waals surface area contributed by atoms with Crippen LogP contribution < -0.4 is 0 Å². The van der Waals surface area contributed by atoms with Gasteiger partial charge in [-0.1, -0.05) is 42.0 Å². The van der Waals surface area contributed by atoms with Crippen molar-refractivity contribution in [2.75, 3.05) is 0 Å². The van der Waals surface area contributed by atoms with Crippen molar-refractivity contribution in [1.82, 2.24) is 0 Å². The van der Waals surface area contributed by atoms with Crippen LogP contribution in [0.4, 0.5) is 5.69 Å². The van der Waals surface area contributed by atoms with Gasteiger partial charge in [-0.2, -0.15) is 0 Å². The molecule has 0 N–H and O–H groups in total. The third-order valence-corrected chi connectivity index (χ3v) is 3.74. The highest BCUT2D eigenvalue weighted by Gasteiger charge is 2.19. The molecule has 0 spiro atoms. The van der Waals surface area contributed by atoms with Crippen LogP contribution in [0.25, 0.3) is 11.6 Å². The van der Waals surface area contributed by atoms with Gasteiger partial charge in [0.15, 0.2) is 0 Å². The standard InChI is InChI=1S/C17H15NO2/c1-12-6-9-17(18(19)20)16(10-12)15-8-7-13-4-2-3-5-14(13)11-15/h2-6,9-11H,7-8H2,1H3. The highest BCUT2D eigenvalue weighted by molar-refractivity contribution is 5.87.